The fourth-order valence-electron chi connectivity index (χ4n) is 2.14. The Balaban J connectivity index is 2.29. The zero-order valence-electron chi connectivity index (χ0n) is 8.72. The molecule has 1 atom stereocenters. The molecule has 14 heavy (non-hydrogen) atoms. The van der Waals surface area contributed by atoms with E-state index in [2.05, 4.69) is 30.4 Å². The zero-order valence-corrected chi connectivity index (χ0v) is 8.72. The van der Waals surface area contributed by atoms with Gasteiger partial charge in [-0.2, -0.15) is 0 Å². The summed E-state index contributed by atoms with van der Waals surface area (Å²) in [6, 6.07) is 6.66. The van der Waals surface area contributed by atoms with E-state index in [0.29, 0.717) is 0 Å². The molecule has 0 saturated heterocycles. The average molecular weight is 190 g/mol. The van der Waals surface area contributed by atoms with Gasteiger partial charge in [-0.25, -0.2) is 0 Å². The largest absolute Gasteiger partial charge is 0.384 e. The minimum absolute atomic E-state index is 0.195. The summed E-state index contributed by atoms with van der Waals surface area (Å²) in [7, 11) is 0. The van der Waals surface area contributed by atoms with Crippen molar-refractivity contribution in [1.29, 1.82) is 0 Å². The quantitative estimate of drug-likeness (QED) is 0.768. The van der Waals surface area contributed by atoms with E-state index in [1.54, 1.807) is 0 Å². The summed E-state index contributed by atoms with van der Waals surface area (Å²) in [6.45, 7) is 3.24. The van der Waals surface area contributed by atoms with E-state index < -0.39 is 0 Å². The van der Waals surface area contributed by atoms with Crippen molar-refractivity contribution in [2.24, 2.45) is 5.73 Å². The van der Waals surface area contributed by atoms with Gasteiger partial charge >= 0.3 is 0 Å². The van der Waals surface area contributed by atoms with Crippen LogP contribution in [0.25, 0.3) is 0 Å². The van der Waals surface area contributed by atoms with Gasteiger partial charge in [0.25, 0.3) is 0 Å². The number of hydrogen-bond acceptors (Lipinski definition) is 2. The molecule has 0 aliphatic carbocycles. The highest BCUT2D eigenvalue weighted by Gasteiger charge is 2.16. The molecule has 0 amide bonds. The molecule has 0 bridgehead atoms. The second kappa shape index (κ2) is 4.01. The van der Waals surface area contributed by atoms with Crippen LogP contribution in [0, 0.1) is 0 Å². The highest BCUT2D eigenvalue weighted by Crippen LogP contribution is 2.31. The van der Waals surface area contributed by atoms with Gasteiger partial charge in [0.2, 0.25) is 0 Å². The topological polar surface area (TPSA) is 38.0 Å². The summed E-state index contributed by atoms with van der Waals surface area (Å²) in [5, 5.41) is 3.43. The third kappa shape index (κ3) is 1.62. The van der Waals surface area contributed by atoms with Crippen molar-refractivity contribution < 1.29 is 0 Å². The molecule has 0 aromatic heterocycles. The van der Waals surface area contributed by atoms with Gasteiger partial charge in [0.05, 0.1) is 0 Å². The van der Waals surface area contributed by atoms with Crippen LogP contribution in [0.5, 0.6) is 0 Å². The average Bonchev–Trinajstić information content (AvgIpc) is 2.65. The molecule has 1 heterocycles. The molecule has 0 unspecified atom stereocenters. The number of anilines is 1. The van der Waals surface area contributed by atoms with Crippen molar-refractivity contribution in [3.63, 3.8) is 0 Å². The molecule has 0 spiro atoms. The summed E-state index contributed by atoms with van der Waals surface area (Å²) in [5.41, 5.74) is 10.2. The predicted molar refractivity (Wildman–Crippen MR) is 60.5 cm³/mol. The van der Waals surface area contributed by atoms with Crippen LogP contribution >= 0.6 is 0 Å². The van der Waals surface area contributed by atoms with E-state index >= 15 is 0 Å². The first-order valence-electron chi connectivity index (χ1n) is 5.44. The standard InChI is InChI=1S/C12H18N2/c1-2-4-11(13)10-6-3-5-9-7-8-14-12(9)10/h3,5-6,11,14H,2,4,7-8,13H2,1H3/t11-/m1/s1. The molecule has 3 N–H and O–H groups in total. The zero-order chi connectivity index (χ0) is 9.97. The number of hydrogen-bond donors (Lipinski definition) is 2. The number of para-hydroxylation sites is 1. The van der Waals surface area contributed by atoms with Gasteiger partial charge in [0.15, 0.2) is 0 Å². The maximum atomic E-state index is 6.14. The summed E-state index contributed by atoms with van der Waals surface area (Å²) < 4.78 is 0. The normalized spacial score (nSPS) is 16.1. The lowest BCUT2D eigenvalue weighted by Gasteiger charge is -2.15. The molecule has 1 aliphatic rings. The SMILES string of the molecule is CCC[C@@H](N)c1cccc2c1NCC2. The van der Waals surface area contributed by atoms with Gasteiger partial charge in [-0.15, -0.1) is 0 Å². The fraction of sp³-hybridized carbons (Fsp3) is 0.500. The highest BCUT2D eigenvalue weighted by molar-refractivity contribution is 5.62. The second-order valence-corrected chi connectivity index (χ2v) is 3.95. The Labute approximate surface area is 85.5 Å². The highest BCUT2D eigenvalue weighted by atomic mass is 14.9. The minimum Gasteiger partial charge on any atom is -0.384 e. The Morgan fingerprint density at radius 1 is 1.50 bits per heavy atom. The van der Waals surface area contributed by atoms with Gasteiger partial charge in [-0.1, -0.05) is 31.5 Å². The first-order chi connectivity index (χ1) is 6.83. The third-order valence-electron chi connectivity index (χ3n) is 2.88. The predicted octanol–water partition coefficient (Wildman–Crippen LogP) is 2.45. The van der Waals surface area contributed by atoms with E-state index in [4.69, 9.17) is 5.73 Å². The third-order valence-corrected chi connectivity index (χ3v) is 2.88. The Kier molecular flexibility index (Phi) is 2.73. The number of fused-ring (bicyclic) bond motifs is 1. The summed E-state index contributed by atoms with van der Waals surface area (Å²) in [6.07, 6.45) is 3.35. The van der Waals surface area contributed by atoms with Gasteiger partial charge in [0, 0.05) is 18.3 Å². The monoisotopic (exact) mass is 190 g/mol. The lowest BCUT2D eigenvalue weighted by atomic mass is 9.99. The number of rotatable bonds is 3. The van der Waals surface area contributed by atoms with Gasteiger partial charge in [-0.3, -0.25) is 0 Å². The molecule has 1 aromatic rings. The molecule has 2 nitrogen and oxygen atoms in total. The molecule has 76 valence electrons. The molecule has 0 radical (unpaired) electrons. The van der Waals surface area contributed by atoms with Crippen LogP contribution in [0.1, 0.15) is 36.9 Å². The molecular formula is C12H18N2. The number of benzene rings is 1. The van der Waals surface area contributed by atoms with Crippen LogP contribution in [0.15, 0.2) is 18.2 Å². The van der Waals surface area contributed by atoms with Crippen molar-refractivity contribution in [1.82, 2.24) is 0 Å². The molecular weight excluding hydrogens is 172 g/mol. The first-order valence-corrected chi connectivity index (χ1v) is 5.44. The smallest absolute Gasteiger partial charge is 0.0421 e. The first kappa shape index (κ1) is 9.53. The van der Waals surface area contributed by atoms with Crippen molar-refractivity contribution in [3.05, 3.63) is 29.3 Å². The molecule has 1 aliphatic heterocycles. The van der Waals surface area contributed by atoms with E-state index in [-0.39, 0.29) is 6.04 Å². The fourth-order valence-corrected chi connectivity index (χ4v) is 2.14. The van der Waals surface area contributed by atoms with Crippen LogP contribution < -0.4 is 11.1 Å². The molecule has 2 rings (SSSR count). The van der Waals surface area contributed by atoms with Gasteiger partial charge in [-0.05, 0) is 24.0 Å². The number of nitrogens with two attached hydrogens (primary N) is 1. The lowest BCUT2D eigenvalue weighted by Crippen LogP contribution is -2.11. The van der Waals surface area contributed by atoms with Crippen molar-refractivity contribution >= 4 is 5.69 Å². The van der Waals surface area contributed by atoms with Gasteiger partial charge < -0.3 is 11.1 Å². The second-order valence-electron chi connectivity index (χ2n) is 3.95. The number of nitrogens with one attached hydrogen (secondary N) is 1. The van der Waals surface area contributed by atoms with Crippen molar-refractivity contribution in [2.45, 2.75) is 32.2 Å². The van der Waals surface area contributed by atoms with Crippen LogP contribution in [-0.2, 0) is 6.42 Å². The summed E-state index contributed by atoms with van der Waals surface area (Å²) in [4.78, 5) is 0. The molecule has 1 aromatic carbocycles. The van der Waals surface area contributed by atoms with Gasteiger partial charge in [0.1, 0.15) is 0 Å². The summed E-state index contributed by atoms with van der Waals surface area (Å²) >= 11 is 0. The Bertz CT molecular complexity index is 320. The Morgan fingerprint density at radius 2 is 2.36 bits per heavy atom. The lowest BCUT2D eigenvalue weighted by molar-refractivity contribution is 0.640. The van der Waals surface area contributed by atoms with Crippen LogP contribution in [0.3, 0.4) is 0 Å². The molecule has 0 fully saturated rings. The summed E-state index contributed by atoms with van der Waals surface area (Å²) in [5.74, 6) is 0. The van der Waals surface area contributed by atoms with E-state index in [1.165, 1.54) is 16.8 Å². The van der Waals surface area contributed by atoms with Crippen LogP contribution in [0.4, 0.5) is 5.69 Å². The van der Waals surface area contributed by atoms with E-state index in [0.717, 1.165) is 25.8 Å². The Morgan fingerprint density at radius 3 is 3.14 bits per heavy atom. The Hall–Kier alpha value is -1.02. The van der Waals surface area contributed by atoms with E-state index in [9.17, 15) is 0 Å². The van der Waals surface area contributed by atoms with Crippen molar-refractivity contribution in [2.75, 3.05) is 11.9 Å². The molecule has 2 heteroatoms. The minimum atomic E-state index is 0.195. The van der Waals surface area contributed by atoms with E-state index in [1.807, 2.05) is 0 Å². The maximum absolute atomic E-state index is 6.14. The van der Waals surface area contributed by atoms with Crippen LogP contribution in [-0.4, -0.2) is 6.54 Å². The van der Waals surface area contributed by atoms with Crippen molar-refractivity contribution in [3.8, 4) is 0 Å². The van der Waals surface area contributed by atoms with Crippen LogP contribution in [0.2, 0.25) is 0 Å². The molecule has 0 saturated carbocycles. The maximum Gasteiger partial charge on any atom is 0.0421 e.